The maximum atomic E-state index is 12.5. The SMILES string of the molecule is Cc1cnc(-c2ccccc2NC(=O)c2cc(-c3nn[nH]n3)c[nH]2)[nH]1. The summed E-state index contributed by atoms with van der Waals surface area (Å²) in [6.07, 6.45) is 3.40. The Labute approximate surface area is 141 Å². The van der Waals surface area contributed by atoms with Crippen molar-refractivity contribution in [3.05, 3.63) is 54.1 Å². The van der Waals surface area contributed by atoms with Gasteiger partial charge in [0.2, 0.25) is 5.82 Å². The number of hydrogen-bond donors (Lipinski definition) is 4. The van der Waals surface area contributed by atoms with E-state index < -0.39 is 0 Å². The molecule has 1 aromatic carbocycles. The highest BCUT2D eigenvalue weighted by Gasteiger charge is 2.15. The normalized spacial score (nSPS) is 10.8. The van der Waals surface area contributed by atoms with Crippen LogP contribution in [-0.4, -0.2) is 41.5 Å². The molecule has 0 saturated carbocycles. The van der Waals surface area contributed by atoms with Gasteiger partial charge in [-0.25, -0.2) is 4.98 Å². The van der Waals surface area contributed by atoms with Crippen molar-refractivity contribution in [1.29, 1.82) is 0 Å². The summed E-state index contributed by atoms with van der Waals surface area (Å²) in [4.78, 5) is 23.0. The van der Waals surface area contributed by atoms with Crippen molar-refractivity contribution in [2.24, 2.45) is 0 Å². The van der Waals surface area contributed by atoms with Gasteiger partial charge >= 0.3 is 0 Å². The molecule has 9 nitrogen and oxygen atoms in total. The summed E-state index contributed by atoms with van der Waals surface area (Å²) in [5.74, 6) is 0.847. The molecule has 0 bridgehead atoms. The van der Waals surface area contributed by atoms with Crippen LogP contribution in [0.5, 0.6) is 0 Å². The highest BCUT2D eigenvalue weighted by Crippen LogP contribution is 2.26. The number of aryl methyl sites for hydroxylation is 1. The molecular weight excluding hydrogens is 320 g/mol. The number of H-pyrrole nitrogens is 3. The van der Waals surface area contributed by atoms with E-state index in [4.69, 9.17) is 0 Å². The number of tetrazole rings is 1. The van der Waals surface area contributed by atoms with Crippen molar-refractivity contribution >= 4 is 11.6 Å². The van der Waals surface area contributed by atoms with Crippen LogP contribution >= 0.6 is 0 Å². The first kappa shape index (κ1) is 14.8. The number of amides is 1. The second-order valence-electron chi connectivity index (χ2n) is 5.45. The molecular formula is C16H14N8O. The fourth-order valence-electron chi connectivity index (χ4n) is 2.48. The summed E-state index contributed by atoms with van der Waals surface area (Å²) in [5.41, 5.74) is 3.50. The monoisotopic (exact) mass is 334 g/mol. The number of para-hydroxylation sites is 1. The Kier molecular flexibility index (Phi) is 3.58. The van der Waals surface area contributed by atoms with Crippen molar-refractivity contribution < 1.29 is 4.79 Å². The molecule has 0 aliphatic heterocycles. The smallest absolute Gasteiger partial charge is 0.272 e. The average Bonchev–Trinajstić information content (AvgIpc) is 3.36. The van der Waals surface area contributed by atoms with Crippen molar-refractivity contribution in [1.82, 2.24) is 35.6 Å². The third-order valence-electron chi connectivity index (χ3n) is 3.66. The molecule has 0 spiro atoms. The van der Waals surface area contributed by atoms with Gasteiger partial charge in [0.25, 0.3) is 5.91 Å². The van der Waals surface area contributed by atoms with E-state index in [0.717, 1.165) is 11.3 Å². The predicted octanol–water partition coefficient (Wildman–Crippen LogP) is 2.15. The van der Waals surface area contributed by atoms with E-state index in [-0.39, 0.29) is 5.91 Å². The van der Waals surface area contributed by atoms with Crippen LogP contribution in [0.15, 0.2) is 42.7 Å². The number of aromatic amines is 3. The number of nitrogens with one attached hydrogen (secondary N) is 4. The molecule has 4 aromatic rings. The Hall–Kier alpha value is -3.75. The van der Waals surface area contributed by atoms with Crippen LogP contribution < -0.4 is 5.32 Å². The third kappa shape index (κ3) is 2.90. The standard InChI is InChI=1S/C16H14N8O/c1-9-7-18-15(19-9)11-4-2-3-5-12(11)20-16(25)13-6-10(8-17-13)14-21-23-24-22-14/h2-8,17H,1H3,(H,18,19)(H,20,25)(H,21,22,23,24). The topological polar surface area (TPSA) is 128 Å². The molecule has 0 fully saturated rings. The van der Waals surface area contributed by atoms with E-state index in [1.807, 2.05) is 31.2 Å². The second kappa shape index (κ2) is 6.04. The Morgan fingerprint density at radius 3 is 2.88 bits per heavy atom. The molecule has 0 saturated heterocycles. The number of carbonyl (C=O) groups excluding carboxylic acids is 1. The molecule has 3 heterocycles. The average molecular weight is 334 g/mol. The predicted molar refractivity (Wildman–Crippen MR) is 90.7 cm³/mol. The highest BCUT2D eigenvalue weighted by molar-refractivity contribution is 6.05. The summed E-state index contributed by atoms with van der Waals surface area (Å²) in [7, 11) is 0. The molecule has 0 atom stereocenters. The van der Waals surface area contributed by atoms with E-state index in [0.29, 0.717) is 28.6 Å². The number of benzene rings is 1. The number of carbonyl (C=O) groups is 1. The number of anilines is 1. The number of nitrogens with zero attached hydrogens (tertiary/aromatic N) is 4. The lowest BCUT2D eigenvalue weighted by Gasteiger charge is -2.08. The van der Waals surface area contributed by atoms with Crippen molar-refractivity contribution in [3.63, 3.8) is 0 Å². The first-order valence-electron chi connectivity index (χ1n) is 7.55. The summed E-state index contributed by atoms with van der Waals surface area (Å²) in [6, 6.07) is 9.14. The number of imidazole rings is 1. The van der Waals surface area contributed by atoms with Gasteiger partial charge in [-0.1, -0.05) is 12.1 Å². The van der Waals surface area contributed by atoms with E-state index in [9.17, 15) is 4.79 Å². The van der Waals surface area contributed by atoms with Crippen molar-refractivity contribution in [2.75, 3.05) is 5.32 Å². The van der Waals surface area contributed by atoms with Crippen LogP contribution in [0.2, 0.25) is 0 Å². The lowest BCUT2D eigenvalue weighted by Crippen LogP contribution is -2.13. The molecule has 0 aliphatic rings. The van der Waals surface area contributed by atoms with Gasteiger partial charge < -0.3 is 15.3 Å². The Morgan fingerprint density at radius 2 is 2.12 bits per heavy atom. The maximum Gasteiger partial charge on any atom is 0.272 e. The van der Waals surface area contributed by atoms with Gasteiger partial charge in [-0.15, -0.1) is 10.2 Å². The summed E-state index contributed by atoms with van der Waals surface area (Å²) in [6.45, 7) is 1.93. The maximum absolute atomic E-state index is 12.5. The van der Waals surface area contributed by atoms with Crippen LogP contribution in [0.4, 0.5) is 5.69 Å². The largest absolute Gasteiger partial charge is 0.356 e. The zero-order chi connectivity index (χ0) is 17.2. The minimum atomic E-state index is -0.273. The quantitative estimate of drug-likeness (QED) is 0.454. The summed E-state index contributed by atoms with van der Waals surface area (Å²) < 4.78 is 0. The second-order valence-corrected chi connectivity index (χ2v) is 5.45. The van der Waals surface area contributed by atoms with Crippen LogP contribution in [0.3, 0.4) is 0 Å². The van der Waals surface area contributed by atoms with Gasteiger partial charge in [0.15, 0.2) is 0 Å². The number of hydrogen-bond acceptors (Lipinski definition) is 5. The van der Waals surface area contributed by atoms with E-state index in [1.54, 1.807) is 18.5 Å². The number of rotatable bonds is 4. The van der Waals surface area contributed by atoms with Crippen LogP contribution in [0, 0.1) is 6.92 Å². The lowest BCUT2D eigenvalue weighted by molar-refractivity contribution is 0.102. The molecule has 1 amide bonds. The molecule has 9 heteroatoms. The fourth-order valence-corrected chi connectivity index (χ4v) is 2.48. The molecule has 4 rings (SSSR count). The van der Waals surface area contributed by atoms with Gasteiger partial charge in [-0.3, -0.25) is 4.79 Å². The molecule has 0 unspecified atom stereocenters. The van der Waals surface area contributed by atoms with Crippen LogP contribution in [-0.2, 0) is 0 Å². The highest BCUT2D eigenvalue weighted by atomic mass is 16.1. The van der Waals surface area contributed by atoms with Gasteiger partial charge in [0, 0.05) is 29.2 Å². The van der Waals surface area contributed by atoms with Gasteiger partial charge in [-0.2, -0.15) is 5.21 Å². The number of aromatic nitrogens is 7. The Morgan fingerprint density at radius 1 is 1.24 bits per heavy atom. The van der Waals surface area contributed by atoms with Gasteiger partial charge in [0.05, 0.1) is 5.69 Å². The molecule has 25 heavy (non-hydrogen) atoms. The van der Waals surface area contributed by atoms with Gasteiger partial charge in [0.1, 0.15) is 11.5 Å². The Bertz CT molecular complexity index is 1010. The molecule has 3 aromatic heterocycles. The van der Waals surface area contributed by atoms with Gasteiger partial charge in [-0.05, 0) is 30.3 Å². The van der Waals surface area contributed by atoms with E-state index in [1.165, 1.54) is 0 Å². The summed E-state index contributed by atoms with van der Waals surface area (Å²) >= 11 is 0. The van der Waals surface area contributed by atoms with E-state index >= 15 is 0 Å². The zero-order valence-electron chi connectivity index (χ0n) is 13.2. The van der Waals surface area contributed by atoms with Crippen molar-refractivity contribution in [3.8, 4) is 22.8 Å². The molecule has 0 aliphatic carbocycles. The van der Waals surface area contributed by atoms with Crippen LogP contribution in [0.1, 0.15) is 16.2 Å². The Balaban J connectivity index is 1.60. The molecule has 124 valence electrons. The summed E-state index contributed by atoms with van der Waals surface area (Å²) in [5, 5.41) is 16.6. The third-order valence-corrected chi connectivity index (χ3v) is 3.66. The van der Waals surface area contributed by atoms with Crippen molar-refractivity contribution in [2.45, 2.75) is 6.92 Å². The molecule has 0 radical (unpaired) electrons. The zero-order valence-corrected chi connectivity index (χ0v) is 13.2. The first-order valence-corrected chi connectivity index (χ1v) is 7.55. The fraction of sp³-hybridized carbons (Fsp3) is 0.0625. The minimum Gasteiger partial charge on any atom is -0.356 e. The minimum absolute atomic E-state index is 0.273. The van der Waals surface area contributed by atoms with Crippen LogP contribution in [0.25, 0.3) is 22.8 Å². The lowest BCUT2D eigenvalue weighted by atomic mass is 10.1. The first-order chi connectivity index (χ1) is 12.2. The van der Waals surface area contributed by atoms with E-state index in [2.05, 4.69) is 40.9 Å². The molecule has 4 N–H and O–H groups in total.